The van der Waals surface area contributed by atoms with Crippen molar-refractivity contribution in [2.75, 3.05) is 32.3 Å². The van der Waals surface area contributed by atoms with Crippen molar-refractivity contribution in [3.8, 4) is 11.5 Å². The minimum Gasteiger partial charge on any atom is -0.496 e. The Morgan fingerprint density at radius 1 is 1.00 bits per heavy atom. The van der Waals surface area contributed by atoms with Crippen LogP contribution in [0.3, 0.4) is 0 Å². The standard InChI is InChI=1S/C19H20FNO5/c1-4-21(14-10-8-13(20)9-11-14)17(22)12-26-19(23)18-15(24-2)6-5-7-16(18)25-3/h5-11H,4,12H2,1-3H3. The first-order valence-electron chi connectivity index (χ1n) is 7.95. The lowest BCUT2D eigenvalue weighted by atomic mass is 10.2. The van der Waals surface area contributed by atoms with Crippen LogP contribution in [0.4, 0.5) is 10.1 Å². The second-order valence-corrected chi connectivity index (χ2v) is 5.23. The minimum absolute atomic E-state index is 0.107. The number of hydrogen-bond donors (Lipinski definition) is 0. The monoisotopic (exact) mass is 361 g/mol. The summed E-state index contributed by atoms with van der Waals surface area (Å²) >= 11 is 0. The van der Waals surface area contributed by atoms with E-state index in [-0.39, 0.29) is 17.1 Å². The van der Waals surface area contributed by atoms with Gasteiger partial charge in [-0.25, -0.2) is 9.18 Å². The van der Waals surface area contributed by atoms with E-state index >= 15 is 0 Å². The Balaban J connectivity index is 2.11. The molecule has 2 rings (SSSR count). The summed E-state index contributed by atoms with van der Waals surface area (Å²) in [5, 5.41) is 0. The van der Waals surface area contributed by atoms with Gasteiger partial charge < -0.3 is 19.1 Å². The van der Waals surface area contributed by atoms with Crippen LogP contribution in [0.1, 0.15) is 17.3 Å². The zero-order valence-electron chi connectivity index (χ0n) is 14.8. The Hall–Kier alpha value is -3.09. The second-order valence-electron chi connectivity index (χ2n) is 5.23. The Labute approximate surface area is 151 Å². The van der Waals surface area contributed by atoms with Crippen LogP contribution in [0.2, 0.25) is 0 Å². The maximum absolute atomic E-state index is 13.0. The lowest BCUT2D eigenvalue weighted by Gasteiger charge is -2.21. The number of benzene rings is 2. The molecule has 0 aromatic heterocycles. The quantitative estimate of drug-likeness (QED) is 0.709. The van der Waals surface area contributed by atoms with Gasteiger partial charge in [-0.15, -0.1) is 0 Å². The summed E-state index contributed by atoms with van der Waals surface area (Å²) in [6.07, 6.45) is 0. The van der Waals surface area contributed by atoms with Gasteiger partial charge in [0.25, 0.3) is 5.91 Å². The highest BCUT2D eigenvalue weighted by Crippen LogP contribution is 2.29. The molecule has 0 fully saturated rings. The van der Waals surface area contributed by atoms with Gasteiger partial charge in [0.1, 0.15) is 22.9 Å². The summed E-state index contributed by atoms with van der Waals surface area (Å²) in [5.74, 6) is -0.989. The molecule has 0 heterocycles. The van der Waals surface area contributed by atoms with Gasteiger partial charge in [0.15, 0.2) is 6.61 Å². The second kappa shape index (κ2) is 8.84. The van der Waals surface area contributed by atoms with Gasteiger partial charge >= 0.3 is 5.97 Å². The van der Waals surface area contributed by atoms with Crippen molar-refractivity contribution < 1.29 is 28.2 Å². The van der Waals surface area contributed by atoms with Crippen LogP contribution < -0.4 is 14.4 Å². The molecule has 0 aliphatic heterocycles. The lowest BCUT2D eigenvalue weighted by molar-refractivity contribution is -0.121. The number of anilines is 1. The van der Waals surface area contributed by atoms with E-state index in [9.17, 15) is 14.0 Å². The zero-order valence-corrected chi connectivity index (χ0v) is 14.8. The van der Waals surface area contributed by atoms with Gasteiger partial charge in [0.2, 0.25) is 0 Å². The van der Waals surface area contributed by atoms with Crippen molar-refractivity contribution in [2.45, 2.75) is 6.92 Å². The first-order valence-corrected chi connectivity index (χ1v) is 7.95. The molecule has 0 aliphatic carbocycles. The average molecular weight is 361 g/mol. The van der Waals surface area contributed by atoms with E-state index in [0.717, 1.165) is 0 Å². The van der Waals surface area contributed by atoms with Crippen molar-refractivity contribution in [1.29, 1.82) is 0 Å². The van der Waals surface area contributed by atoms with E-state index in [1.54, 1.807) is 25.1 Å². The molecule has 7 heteroatoms. The predicted molar refractivity (Wildman–Crippen MR) is 94.3 cm³/mol. The normalized spacial score (nSPS) is 10.2. The highest BCUT2D eigenvalue weighted by atomic mass is 19.1. The molecule has 0 spiro atoms. The Bertz CT molecular complexity index is 754. The summed E-state index contributed by atoms with van der Waals surface area (Å²) in [6.45, 7) is 1.65. The van der Waals surface area contributed by atoms with Gasteiger partial charge in [0, 0.05) is 12.2 Å². The molecule has 1 amide bonds. The Morgan fingerprint density at radius 2 is 1.58 bits per heavy atom. The van der Waals surface area contributed by atoms with E-state index in [1.165, 1.54) is 43.4 Å². The van der Waals surface area contributed by atoms with E-state index in [2.05, 4.69) is 0 Å². The predicted octanol–water partition coefficient (Wildman–Crippen LogP) is 3.05. The van der Waals surface area contributed by atoms with Crippen LogP contribution in [0, 0.1) is 5.82 Å². The molecule has 26 heavy (non-hydrogen) atoms. The van der Waals surface area contributed by atoms with Crippen LogP contribution in [0.25, 0.3) is 0 Å². The van der Waals surface area contributed by atoms with E-state index in [1.807, 2.05) is 0 Å². The highest BCUT2D eigenvalue weighted by Gasteiger charge is 2.22. The number of likely N-dealkylation sites (N-methyl/N-ethyl adjacent to an activating group) is 1. The van der Waals surface area contributed by atoms with E-state index in [4.69, 9.17) is 14.2 Å². The minimum atomic E-state index is -0.734. The fourth-order valence-corrected chi connectivity index (χ4v) is 2.45. The molecule has 0 aliphatic rings. The summed E-state index contributed by atoms with van der Waals surface area (Å²) < 4.78 is 28.5. The lowest BCUT2D eigenvalue weighted by Crippen LogP contribution is -2.34. The molecule has 2 aromatic rings. The molecule has 0 N–H and O–H groups in total. The Morgan fingerprint density at radius 3 is 2.08 bits per heavy atom. The van der Waals surface area contributed by atoms with Crippen LogP contribution in [0.15, 0.2) is 42.5 Å². The number of carbonyl (C=O) groups is 2. The summed E-state index contributed by atoms with van der Waals surface area (Å²) in [6, 6.07) is 10.4. The third-order valence-corrected chi connectivity index (χ3v) is 3.71. The third kappa shape index (κ3) is 4.30. The van der Waals surface area contributed by atoms with Crippen molar-refractivity contribution >= 4 is 17.6 Å². The highest BCUT2D eigenvalue weighted by molar-refractivity contribution is 5.99. The van der Waals surface area contributed by atoms with Crippen LogP contribution >= 0.6 is 0 Å². The average Bonchev–Trinajstić information content (AvgIpc) is 2.67. The molecule has 0 radical (unpaired) electrons. The molecule has 6 nitrogen and oxygen atoms in total. The van der Waals surface area contributed by atoms with Crippen LogP contribution in [-0.2, 0) is 9.53 Å². The van der Waals surface area contributed by atoms with Gasteiger partial charge in [-0.3, -0.25) is 4.79 Å². The molecule has 138 valence electrons. The first kappa shape index (κ1) is 19.2. The van der Waals surface area contributed by atoms with Gasteiger partial charge in [0.05, 0.1) is 14.2 Å². The van der Waals surface area contributed by atoms with Gasteiger partial charge in [-0.1, -0.05) is 6.07 Å². The summed E-state index contributed by atoms with van der Waals surface area (Å²) in [7, 11) is 2.84. The SMILES string of the molecule is CCN(C(=O)COC(=O)c1c(OC)cccc1OC)c1ccc(F)cc1. The zero-order chi connectivity index (χ0) is 19.1. The van der Waals surface area contributed by atoms with E-state index in [0.29, 0.717) is 12.2 Å². The number of esters is 1. The van der Waals surface area contributed by atoms with Crippen molar-refractivity contribution in [3.63, 3.8) is 0 Å². The molecule has 0 saturated heterocycles. The smallest absolute Gasteiger partial charge is 0.346 e. The fourth-order valence-electron chi connectivity index (χ4n) is 2.45. The number of ether oxygens (including phenoxy) is 3. The fraction of sp³-hybridized carbons (Fsp3) is 0.263. The number of amides is 1. The largest absolute Gasteiger partial charge is 0.496 e. The van der Waals surface area contributed by atoms with Gasteiger partial charge in [-0.2, -0.15) is 0 Å². The number of carbonyl (C=O) groups excluding carboxylic acids is 2. The number of hydrogen-bond acceptors (Lipinski definition) is 5. The van der Waals surface area contributed by atoms with Crippen LogP contribution in [0.5, 0.6) is 11.5 Å². The number of halogens is 1. The Kier molecular flexibility index (Phi) is 6.54. The number of methoxy groups -OCH3 is 2. The first-order chi connectivity index (χ1) is 12.5. The van der Waals surface area contributed by atoms with Gasteiger partial charge in [-0.05, 0) is 43.3 Å². The van der Waals surface area contributed by atoms with Crippen LogP contribution in [-0.4, -0.2) is 39.2 Å². The molecule has 2 aromatic carbocycles. The molecular weight excluding hydrogens is 341 g/mol. The summed E-state index contributed by atoms with van der Waals surface area (Å²) in [4.78, 5) is 26.2. The molecular formula is C19H20FNO5. The van der Waals surface area contributed by atoms with Crippen molar-refractivity contribution in [3.05, 3.63) is 53.8 Å². The maximum Gasteiger partial charge on any atom is 0.346 e. The molecule has 0 bridgehead atoms. The maximum atomic E-state index is 13.0. The number of rotatable bonds is 7. The van der Waals surface area contributed by atoms with Crippen molar-refractivity contribution in [1.82, 2.24) is 0 Å². The number of nitrogens with zero attached hydrogens (tertiary/aromatic N) is 1. The van der Waals surface area contributed by atoms with E-state index < -0.39 is 24.3 Å². The molecule has 0 unspecified atom stereocenters. The summed E-state index contributed by atoms with van der Waals surface area (Å²) in [5.41, 5.74) is 0.625. The molecule has 0 saturated carbocycles. The molecule has 0 atom stereocenters. The van der Waals surface area contributed by atoms with Crippen molar-refractivity contribution in [2.24, 2.45) is 0 Å². The topological polar surface area (TPSA) is 65.1 Å². The third-order valence-electron chi connectivity index (χ3n) is 3.71.